The summed E-state index contributed by atoms with van der Waals surface area (Å²) in [4.78, 5) is 27.0. The molecule has 2 aliphatic rings. The van der Waals surface area contributed by atoms with E-state index in [1.54, 1.807) is 41.3 Å². The van der Waals surface area contributed by atoms with Crippen LogP contribution < -0.4 is 4.74 Å². The van der Waals surface area contributed by atoms with Gasteiger partial charge in [0, 0.05) is 47.1 Å². The molecular formula is C22H17Cl4NO3. The van der Waals surface area contributed by atoms with Crippen molar-refractivity contribution in [2.24, 2.45) is 0 Å². The van der Waals surface area contributed by atoms with Gasteiger partial charge in [-0.2, -0.15) is 0 Å². The molecule has 0 N–H and O–H groups in total. The molecule has 2 aromatic rings. The molecule has 2 aromatic carbocycles. The van der Waals surface area contributed by atoms with E-state index in [0.29, 0.717) is 62.9 Å². The summed E-state index contributed by atoms with van der Waals surface area (Å²) >= 11 is 24.3. The van der Waals surface area contributed by atoms with Crippen LogP contribution in [0, 0.1) is 0 Å². The van der Waals surface area contributed by atoms with Gasteiger partial charge in [-0.3, -0.25) is 9.59 Å². The number of ketones is 1. The molecule has 0 atom stereocenters. The fourth-order valence-corrected chi connectivity index (χ4v) is 4.83. The Bertz CT molecular complexity index is 1060. The molecule has 0 saturated carbocycles. The molecule has 1 amide bonds. The van der Waals surface area contributed by atoms with E-state index in [2.05, 4.69) is 0 Å². The number of rotatable bonds is 2. The number of benzene rings is 2. The summed E-state index contributed by atoms with van der Waals surface area (Å²) in [7, 11) is 0. The zero-order valence-corrected chi connectivity index (χ0v) is 18.8. The number of halogens is 4. The van der Waals surface area contributed by atoms with Crippen LogP contribution in [0.25, 0.3) is 6.08 Å². The predicted molar refractivity (Wildman–Crippen MR) is 120 cm³/mol. The number of carbonyl (C=O) groups excluding carboxylic acids is 2. The van der Waals surface area contributed by atoms with E-state index in [1.165, 1.54) is 6.08 Å². The second-order valence-electron chi connectivity index (χ2n) is 7.47. The van der Waals surface area contributed by atoms with Gasteiger partial charge in [0.25, 0.3) is 0 Å². The number of likely N-dealkylation sites (tertiary alicyclic amines) is 1. The first kappa shape index (κ1) is 21.5. The predicted octanol–water partition coefficient (Wildman–Crippen LogP) is 6.34. The monoisotopic (exact) mass is 483 g/mol. The van der Waals surface area contributed by atoms with Crippen LogP contribution in [0.5, 0.6) is 5.75 Å². The number of nitrogens with zero attached hydrogens (tertiary/aromatic N) is 1. The Morgan fingerprint density at radius 3 is 2.40 bits per heavy atom. The molecule has 0 aliphatic carbocycles. The highest BCUT2D eigenvalue weighted by molar-refractivity contribution is 6.36. The van der Waals surface area contributed by atoms with Crippen LogP contribution in [0.3, 0.4) is 0 Å². The standard InChI is InChI=1S/C22H17Cl4NO3/c23-14-3-1-13(17(25)10-14)2-4-20(29)27-7-5-22(6-8-27)12-19(28)16-9-15(24)11-18(26)21(16)30-22/h1-4,9-11H,5-8,12H2/b4-2+. The van der Waals surface area contributed by atoms with Gasteiger partial charge >= 0.3 is 0 Å². The highest BCUT2D eigenvalue weighted by Gasteiger charge is 2.44. The number of hydrogen-bond donors (Lipinski definition) is 0. The Kier molecular flexibility index (Phi) is 6.04. The zero-order valence-electron chi connectivity index (χ0n) is 15.8. The minimum atomic E-state index is -0.651. The second-order valence-corrected chi connectivity index (χ2v) is 9.16. The van der Waals surface area contributed by atoms with E-state index < -0.39 is 5.60 Å². The molecule has 4 nitrogen and oxygen atoms in total. The SMILES string of the molecule is O=C1CC2(CCN(C(=O)/C=C/c3ccc(Cl)cc3Cl)CC2)Oc2c(Cl)cc(Cl)cc21. The van der Waals surface area contributed by atoms with Crippen LogP contribution in [0.4, 0.5) is 0 Å². The average Bonchev–Trinajstić information content (AvgIpc) is 2.69. The lowest BCUT2D eigenvalue weighted by Gasteiger charge is -2.44. The van der Waals surface area contributed by atoms with Crippen LogP contribution in [-0.2, 0) is 4.79 Å². The number of carbonyl (C=O) groups is 2. The topological polar surface area (TPSA) is 46.6 Å². The third kappa shape index (κ3) is 4.33. The van der Waals surface area contributed by atoms with Crippen LogP contribution in [-0.4, -0.2) is 35.3 Å². The summed E-state index contributed by atoms with van der Waals surface area (Å²) in [6, 6.07) is 8.26. The van der Waals surface area contributed by atoms with E-state index >= 15 is 0 Å². The van der Waals surface area contributed by atoms with Crippen LogP contribution in [0.15, 0.2) is 36.4 Å². The molecule has 0 radical (unpaired) electrons. The number of piperidine rings is 1. The fraction of sp³-hybridized carbons (Fsp3) is 0.273. The summed E-state index contributed by atoms with van der Waals surface area (Å²) in [5, 5.41) is 1.75. The summed E-state index contributed by atoms with van der Waals surface area (Å²) in [6.45, 7) is 0.955. The summed E-state index contributed by atoms with van der Waals surface area (Å²) in [6.07, 6.45) is 4.49. The van der Waals surface area contributed by atoms with E-state index in [0.717, 1.165) is 0 Å². The first-order valence-corrected chi connectivity index (χ1v) is 10.9. The van der Waals surface area contributed by atoms with Crippen molar-refractivity contribution in [2.75, 3.05) is 13.1 Å². The number of ether oxygens (including phenoxy) is 1. The molecular weight excluding hydrogens is 468 g/mol. The highest BCUT2D eigenvalue weighted by atomic mass is 35.5. The van der Waals surface area contributed by atoms with Crippen molar-refractivity contribution in [1.29, 1.82) is 0 Å². The number of amides is 1. The molecule has 0 unspecified atom stereocenters. The van der Waals surface area contributed by atoms with Crippen molar-refractivity contribution in [1.82, 2.24) is 4.90 Å². The minimum absolute atomic E-state index is 0.0438. The number of Topliss-reactive ketones (excluding diaryl/α,β-unsaturated/α-hetero) is 1. The average molecular weight is 485 g/mol. The maximum absolute atomic E-state index is 12.7. The molecule has 8 heteroatoms. The van der Waals surface area contributed by atoms with Gasteiger partial charge in [-0.25, -0.2) is 0 Å². The summed E-state index contributed by atoms with van der Waals surface area (Å²) in [5.41, 5.74) is 0.482. The van der Waals surface area contributed by atoms with Gasteiger partial charge in [0.2, 0.25) is 5.91 Å². The minimum Gasteiger partial charge on any atom is -0.484 e. The Morgan fingerprint density at radius 2 is 1.70 bits per heavy atom. The normalized spacial score (nSPS) is 17.9. The third-order valence-electron chi connectivity index (χ3n) is 5.46. The fourth-order valence-electron chi connectivity index (χ4n) is 3.83. The van der Waals surface area contributed by atoms with Gasteiger partial charge in [-0.1, -0.05) is 52.5 Å². The van der Waals surface area contributed by atoms with Crippen molar-refractivity contribution in [2.45, 2.75) is 24.9 Å². The molecule has 2 aliphatic heterocycles. The van der Waals surface area contributed by atoms with E-state index in [9.17, 15) is 9.59 Å². The smallest absolute Gasteiger partial charge is 0.246 e. The lowest BCUT2D eigenvalue weighted by molar-refractivity contribution is -0.129. The largest absolute Gasteiger partial charge is 0.484 e. The Morgan fingerprint density at radius 1 is 1.00 bits per heavy atom. The van der Waals surface area contributed by atoms with Crippen LogP contribution in [0.1, 0.15) is 35.2 Å². The summed E-state index contributed by atoms with van der Waals surface area (Å²) in [5.74, 6) is 0.218. The van der Waals surface area contributed by atoms with Gasteiger partial charge < -0.3 is 9.64 Å². The third-order valence-corrected chi connectivity index (χ3v) is 6.53. The first-order valence-electron chi connectivity index (χ1n) is 9.40. The molecule has 156 valence electrons. The maximum Gasteiger partial charge on any atom is 0.246 e. The van der Waals surface area contributed by atoms with Gasteiger partial charge in [0.15, 0.2) is 5.78 Å². The number of hydrogen-bond acceptors (Lipinski definition) is 3. The Labute approximate surface area is 194 Å². The van der Waals surface area contributed by atoms with Crippen molar-refractivity contribution in [3.63, 3.8) is 0 Å². The second kappa shape index (κ2) is 8.43. The van der Waals surface area contributed by atoms with Gasteiger partial charge in [0.1, 0.15) is 11.4 Å². The van der Waals surface area contributed by atoms with Crippen LogP contribution >= 0.6 is 46.4 Å². The highest BCUT2D eigenvalue weighted by Crippen LogP contribution is 2.44. The molecule has 2 heterocycles. The van der Waals surface area contributed by atoms with Gasteiger partial charge in [0.05, 0.1) is 17.0 Å². The lowest BCUT2D eigenvalue weighted by atomic mass is 9.82. The quantitative estimate of drug-likeness (QED) is 0.467. The van der Waals surface area contributed by atoms with Crippen molar-refractivity contribution in [3.8, 4) is 5.75 Å². The molecule has 30 heavy (non-hydrogen) atoms. The Hall–Kier alpha value is -1.72. The van der Waals surface area contributed by atoms with E-state index in [1.807, 2.05) is 0 Å². The first-order chi connectivity index (χ1) is 14.3. The number of fused-ring (bicyclic) bond motifs is 1. The van der Waals surface area contributed by atoms with Crippen molar-refractivity contribution in [3.05, 3.63) is 67.6 Å². The molecule has 1 fully saturated rings. The summed E-state index contributed by atoms with van der Waals surface area (Å²) < 4.78 is 6.20. The molecule has 4 rings (SSSR count). The van der Waals surface area contributed by atoms with Crippen LogP contribution in [0.2, 0.25) is 20.1 Å². The molecule has 1 spiro atoms. The molecule has 0 bridgehead atoms. The van der Waals surface area contributed by atoms with E-state index in [4.69, 9.17) is 51.1 Å². The van der Waals surface area contributed by atoms with Gasteiger partial charge in [-0.05, 0) is 35.9 Å². The van der Waals surface area contributed by atoms with Gasteiger partial charge in [-0.15, -0.1) is 0 Å². The maximum atomic E-state index is 12.7. The molecule has 0 aromatic heterocycles. The van der Waals surface area contributed by atoms with Crippen molar-refractivity contribution >= 4 is 64.2 Å². The zero-order chi connectivity index (χ0) is 21.5. The molecule has 1 saturated heterocycles. The van der Waals surface area contributed by atoms with E-state index in [-0.39, 0.29) is 18.1 Å². The van der Waals surface area contributed by atoms with Crippen molar-refractivity contribution < 1.29 is 14.3 Å². The lowest BCUT2D eigenvalue weighted by Crippen LogP contribution is -2.52. The Balaban J connectivity index is 1.44.